The normalized spacial score (nSPS) is 21.2. The van der Waals surface area contributed by atoms with E-state index in [1.54, 1.807) is 11.1 Å². The zero-order valence-electron chi connectivity index (χ0n) is 15.5. The third kappa shape index (κ3) is 3.87. The summed E-state index contributed by atoms with van der Waals surface area (Å²) in [6.45, 7) is 4.92. The molecule has 1 unspecified atom stereocenters. The van der Waals surface area contributed by atoms with E-state index in [1.165, 1.54) is 11.3 Å². The van der Waals surface area contributed by atoms with Crippen molar-refractivity contribution in [2.45, 2.75) is 39.2 Å². The Kier molecular flexibility index (Phi) is 5.20. The molecule has 2 amide bonds. The lowest BCUT2D eigenvalue weighted by Gasteiger charge is -2.33. The summed E-state index contributed by atoms with van der Waals surface area (Å²) in [5.41, 5.74) is 0. The van der Waals surface area contributed by atoms with Gasteiger partial charge in [0.2, 0.25) is 16.9 Å². The number of hydrogen-bond acceptors (Lipinski definition) is 6. The van der Waals surface area contributed by atoms with E-state index in [0.717, 1.165) is 43.9 Å². The highest BCUT2D eigenvalue weighted by Crippen LogP contribution is 2.30. The van der Waals surface area contributed by atoms with Crippen LogP contribution >= 0.6 is 11.3 Å². The van der Waals surface area contributed by atoms with Gasteiger partial charge in [-0.3, -0.25) is 14.5 Å². The van der Waals surface area contributed by atoms with Gasteiger partial charge < -0.3 is 9.47 Å². The highest BCUT2D eigenvalue weighted by atomic mass is 32.1. The average Bonchev–Trinajstić information content (AvgIpc) is 3.42. The number of aryl methyl sites for hydroxylation is 1. The SMILES string of the molecule is CCc1nnc(N2CC(C(=O)N3CCC(Cn4ccnc4)CC3)CC2=O)s1. The van der Waals surface area contributed by atoms with Gasteiger partial charge in [0.1, 0.15) is 5.01 Å². The minimum Gasteiger partial charge on any atom is -0.342 e. The van der Waals surface area contributed by atoms with E-state index in [9.17, 15) is 9.59 Å². The van der Waals surface area contributed by atoms with Crippen LogP contribution in [-0.4, -0.2) is 56.1 Å². The predicted octanol–water partition coefficient (Wildman–Crippen LogP) is 1.59. The number of carbonyl (C=O) groups excluding carboxylic acids is 2. The zero-order valence-corrected chi connectivity index (χ0v) is 16.3. The molecule has 0 bridgehead atoms. The number of aromatic nitrogens is 4. The Labute approximate surface area is 162 Å². The van der Waals surface area contributed by atoms with E-state index in [1.807, 2.05) is 24.3 Å². The van der Waals surface area contributed by atoms with Gasteiger partial charge in [0, 0.05) is 45.0 Å². The van der Waals surface area contributed by atoms with Crippen molar-refractivity contribution < 1.29 is 9.59 Å². The molecule has 2 aromatic rings. The number of amides is 2. The van der Waals surface area contributed by atoms with Crippen molar-refractivity contribution in [1.82, 2.24) is 24.6 Å². The van der Waals surface area contributed by atoms with Gasteiger partial charge >= 0.3 is 0 Å². The van der Waals surface area contributed by atoms with Gasteiger partial charge in [0.05, 0.1) is 12.2 Å². The van der Waals surface area contributed by atoms with Crippen molar-refractivity contribution >= 4 is 28.3 Å². The van der Waals surface area contributed by atoms with Crippen LogP contribution in [0.1, 0.15) is 31.2 Å². The number of carbonyl (C=O) groups is 2. The number of anilines is 1. The van der Waals surface area contributed by atoms with E-state index in [2.05, 4.69) is 19.7 Å². The van der Waals surface area contributed by atoms with Gasteiger partial charge in [-0.2, -0.15) is 0 Å². The first-order valence-corrected chi connectivity index (χ1v) is 10.3. The molecule has 2 saturated heterocycles. The largest absolute Gasteiger partial charge is 0.342 e. The summed E-state index contributed by atoms with van der Waals surface area (Å²) in [6, 6.07) is 0. The second-order valence-corrected chi connectivity index (χ2v) is 8.31. The molecule has 0 spiro atoms. The number of likely N-dealkylation sites (tertiary alicyclic amines) is 1. The smallest absolute Gasteiger partial charge is 0.229 e. The van der Waals surface area contributed by atoms with E-state index in [-0.39, 0.29) is 24.2 Å². The molecule has 1 atom stereocenters. The molecule has 2 aliphatic rings. The standard InChI is InChI=1S/C18H24N6O2S/c1-2-15-20-21-18(27-15)24-11-14(9-16(24)25)17(26)23-6-3-13(4-7-23)10-22-8-5-19-12-22/h5,8,12-14H,2-4,6-7,9-11H2,1H3. The first kappa shape index (κ1) is 18.1. The number of imidazole rings is 1. The lowest BCUT2D eigenvalue weighted by molar-refractivity contribution is -0.137. The molecular formula is C18H24N6O2S. The Hall–Kier alpha value is -2.29. The van der Waals surface area contributed by atoms with Crippen LogP contribution in [0.4, 0.5) is 5.13 Å². The minimum atomic E-state index is -0.267. The Morgan fingerprint density at radius 1 is 1.30 bits per heavy atom. The zero-order chi connectivity index (χ0) is 18.8. The lowest BCUT2D eigenvalue weighted by atomic mass is 9.95. The fourth-order valence-electron chi connectivity index (χ4n) is 3.84. The Bertz CT molecular complexity index is 797. The summed E-state index contributed by atoms with van der Waals surface area (Å²) < 4.78 is 2.10. The summed E-state index contributed by atoms with van der Waals surface area (Å²) in [4.78, 5) is 32.9. The van der Waals surface area contributed by atoms with Gasteiger partial charge in [0.15, 0.2) is 0 Å². The van der Waals surface area contributed by atoms with Crippen LogP contribution in [0.25, 0.3) is 0 Å². The average molecular weight is 388 g/mol. The molecule has 144 valence electrons. The molecule has 2 aromatic heterocycles. The van der Waals surface area contributed by atoms with Crippen LogP contribution in [0.3, 0.4) is 0 Å². The summed E-state index contributed by atoms with van der Waals surface area (Å²) in [5.74, 6) is 0.379. The summed E-state index contributed by atoms with van der Waals surface area (Å²) in [6.07, 6.45) is 8.67. The van der Waals surface area contributed by atoms with Crippen molar-refractivity contribution in [1.29, 1.82) is 0 Å². The molecule has 9 heteroatoms. The van der Waals surface area contributed by atoms with Crippen LogP contribution in [-0.2, 0) is 22.6 Å². The Morgan fingerprint density at radius 3 is 2.78 bits per heavy atom. The van der Waals surface area contributed by atoms with Crippen LogP contribution in [0.15, 0.2) is 18.7 Å². The molecule has 0 aromatic carbocycles. The maximum Gasteiger partial charge on any atom is 0.229 e. The van der Waals surface area contributed by atoms with Crippen LogP contribution in [0, 0.1) is 11.8 Å². The number of rotatable bonds is 5. The van der Waals surface area contributed by atoms with E-state index in [4.69, 9.17) is 0 Å². The molecule has 4 heterocycles. The quantitative estimate of drug-likeness (QED) is 0.777. The molecule has 0 N–H and O–H groups in total. The number of hydrogen-bond donors (Lipinski definition) is 0. The maximum absolute atomic E-state index is 12.9. The Morgan fingerprint density at radius 2 is 2.11 bits per heavy atom. The molecule has 2 fully saturated rings. The molecule has 2 aliphatic heterocycles. The van der Waals surface area contributed by atoms with Gasteiger partial charge in [-0.15, -0.1) is 10.2 Å². The molecule has 0 radical (unpaired) electrons. The fourth-order valence-corrected chi connectivity index (χ4v) is 4.65. The fraction of sp³-hybridized carbons (Fsp3) is 0.611. The lowest BCUT2D eigenvalue weighted by Crippen LogP contribution is -2.43. The van der Waals surface area contributed by atoms with Crippen LogP contribution < -0.4 is 4.90 Å². The monoisotopic (exact) mass is 388 g/mol. The van der Waals surface area contributed by atoms with Gasteiger partial charge in [-0.05, 0) is 25.2 Å². The van der Waals surface area contributed by atoms with Gasteiger partial charge in [0.25, 0.3) is 0 Å². The second-order valence-electron chi connectivity index (χ2n) is 7.27. The molecule has 0 saturated carbocycles. The maximum atomic E-state index is 12.9. The second kappa shape index (κ2) is 7.75. The molecule has 27 heavy (non-hydrogen) atoms. The van der Waals surface area contributed by atoms with Crippen molar-refractivity contribution in [3.8, 4) is 0 Å². The third-order valence-corrected chi connectivity index (χ3v) is 6.51. The van der Waals surface area contributed by atoms with Crippen molar-refractivity contribution in [3.63, 3.8) is 0 Å². The highest BCUT2D eigenvalue weighted by molar-refractivity contribution is 7.15. The minimum absolute atomic E-state index is 0.0258. The molecule has 0 aliphatic carbocycles. The molecule has 8 nitrogen and oxygen atoms in total. The van der Waals surface area contributed by atoms with Crippen molar-refractivity contribution in [3.05, 3.63) is 23.7 Å². The van der Waals surface area contributed by atoms with Gasteiger partial charge in [-0.1, -0.05) is 18.3 Å². The predicted molar refractivity (Wildman–Crippen MR) is 101 cm³/mol. The van der Waals surface area contributed by atoms with E-state index < -0.39 is 0 Å². The number of nitrogens with zero attached hydrogens (tertiary/aromatic N) is 6. The van der Waals surface area contributed by atoms with E-state index in [0.29, 0.717) is 17.6 Å². The van der Waals surface area contributed by atoms with E-state index >= 15 is 0 Å². The Balaban J connectivity index is 1.32. The molecule has 4 rings (SSSR count). The van der Waals surface area contributed by atoms with Crippen molar-refractivity contribution in [2.75, 3.05) is 24.5 Å². The van der Waals surface area contributed by atoms with Gasteiger partial charge in [-0.25, -0.2) is 4.98 Å². The van der Waals surface area contributed by atoms with Crippen molar-refractivity contribution in [2.24, 2.45) is 11.8 Å². The number of piperidine rings is 1. The third-order valence-electron chi connectivity index (χ3n) is 5.42. The summed E-state index contributed by atoms with van der Waals surface area (Å²) >= 11 is 1.44. The first-order valence-electron chi connectivity index (χ1n) is 9.51. The summed E-state index contributed by atoms with van der Waals surface area (Å²) in [7, 11) is 0. The molecular weight excluding hydrogens is 364 g/mol. The van der Waals surface area contributed by atoms with Crippen LogP contribution in [0.2, 0.25) is 0 Å². The first-order chi connectivity index (χ1) is 13.1. The van der Waals surface area contributed by atoms with Crippen LogP contribution in [0.5, 0.6) is 0 Å². The topological polar surface area (TPSA) is 84.2 Å². The highest BCUT2D eigenvalue weighted by Gasteiger charge is 2.39. The summed E-state index contributed by atoms with van der Waals surface area (Å²) in [5, 5.41) is 9.72.